The number of nitrogens with zero attached hydrogens (tertiary/aromatic N) is 1. The number of likely N-dealkylation sites (tertiary alicyclic amines) is 1. The fourth-order valence-corrected chi connectivity index (χ4v) is 3.90. The van der Waals surface area contributed by atoms with Crippen LogP contribution < -0.4 is 11.1 Å². The number of piperidine rings is 1. The molecule has 5 nitrogen and oxygen atoms in total. The van der Waals surface area contributed by atoms with Gasteiger partial charge in [-0.05, 0) is 55.8 Å². The fourth-order valence-electron chi connectivity index (χ4n) is 3.90. The number of carbonyl (C=O) groups excluding carboxylic acids is 1. The van der Waals surface area contributed by atoms with E-state index in [4.69, 9.17) is 10.5 Å². The minimum atomic E-state index is -0.455. The Kier molecular flexibility index (Phi) is 6.68. The number of rotatable bonds is 6. The zero-order valence-corrected chi connectivity index (χ0v) is 16.0. The van der Waals surface area contributed by atoms with Crippen LogP contribution in [0.2, 0.25) is 0 Å². The number of benzene rings is 1. The third-order valence-electron chi connectivity index (χ3n) is 6.08. The molecule has 0 spiro atoms. The largest absolute Gasteiger partial charge is 0.381 e. The van der Waals surface area contributed by atoms with Crippen LogP contribution >= 0.6 is 0 Å². The summed E-state index contributed by atoms with van der Waals surface area (Å²) in [6.07, 6.45) is 4.03. The van der Waals surface area contributed by atoms with E-state index in [1.165, 1.54) is 31.5 Å². The first-order valence-electron chi connectivity index (χ1n) is 9.97. The normalized spacial score (nSPS) is 21.5. The summed E-state index contributed by atoms with van der Waals surface area (Å²) in [4.78, 5) is 15.2. The van der Waals surface area contributed by atoms with E-state index in [1.54, 1.807) is 0 Å². The summed E-state index contributed by atoms with van der Waals surface area (Å²) in [5.41, 5.74) is 7.93. The van der Waals surface area contributed by atoms with Crippen molar-refractivity contribution in [2.45, 2.75) is 45.7 Å². The molecule has 1 amide bonds. The zero-order chi connectivity index (χ0) is 18.4. The summed E-state index contributed by atoms with van der Waals surface area (Å²) >= 11 is 0. The van der Waals surface area contributed by atoms with Gasteiger partial charge in [-0.25, -0.2) is 0 Å². The van der Waals surface area contributed by atoms with Gasteiger partial charge < -0.3 is 15.8 Å². The van der Waals surface area contributed by atoms with Crippen LogP contribution in [0.3, 0.4) is 0 Å². The topological polar surface area (TPSA) is 67.6 Å². The molecule has 2 aliphatic heterocycles. The van der Waals surface area contributed by atoms with E-state index in [2.05, 4.69) is 41.4 Å². The monoisotopic (exact) mass is 359 g/mol. The summed E-state index contributed by atoms with van der Waals surface area (Å²) in [5, 5.41) is 3.08. The van der Waals surface area contributed by atoms with E-state index in [9.17, 15) is 4.79 Å². The molecule has 1 aromatic rings. The van der Waals surface area contributed by atoms with Gasteiger partial charge in [0.1, 0.15) is 0 Å². The van der Waals surface area contributed by atoms with Crippen molar-refractivity contribution in [1.82, 2.24) is 10.2 Å². The molecule has 3 N–H and O–H groups in total. The van der Waals surface area contributed by atoms with Gasteiger partial charge in [-0.3, -0.25) is 9.69 Å². The molecule has 2 fully saturated rings. The predicted molar refractivity (Wildman–Crippen MR) is 104 cm³/mol. The molecular formula is C21H33N3O2. The van der Waals surface area contributed by atoms with Gasteiger partial charge in [0.25, 0.3) is 0 Å². The first kappa shape index (κ1) is 19.3. The van der Waals surface area contributed by atoms with E-state index in [0.29, 0.717) is 39.1 Å². The molecule has 0 unspecified atom stereocenters. The Bertz CT molecular complexity index is 573. The maximum absolute atomic E-state index is 12.6. The molecule has 2 aliphatic rings. The summed E-state index contributed by atoms with van der Waals surface area (Å²) in [5.74, 6) is 0.930. The standard InChI is InChI=1S/C21H33N3O2/c1-17-6-10-24(11-7-17)15-19-4-2-18(3-5-19)14-23-20(25)21(16-22)8-12-26-13-9-21/h2-5,17H,6-16,22H2,1H3,(H,23,25). The summed E-state index contributed by atoms with van der Waals surface area (Å²) in [6.45, 7) is 7.95. The highest BCUT2D eigenvalue weighted by Gasteiger charge is 2.38. The van der Waals surface area contributed by atoms with Crippen LogP contribution in [-0.4, -0.2) is 43.7 Å². The summed E-state index contributed by atoms with van der Waals surface area (Å²) in [6, 6.07) is 8.63. The highest BCUT2D eigenvalue weighted by Crippen LogP contribution is 2.29. The molecule has 0 radical (unpaired) electrons. The van der Waals surface area contributed by atoms with Crippen LogP contribution in [0.5, 0.6) is 0 Å². The second-order valence-corrected chi connectivity index (χ2v) is 8.05. The number of ether oxygens (including phenoxy) is 1. The fraction of sp³-hybridized carbons (Fsp3) is 0.667. The van der Waals surface area contributed by atoms with Crippen LogP contribution in [0.1, 0.15) is 43.7 Å². The average molecular weight is 360 g/mol. The lowest BCUT2D eigenvalue weighted by molar-refractivity contribution is -0.136. The van der Waals surface area contributed by atoms with E-state index in [-0.39, 0.29) is 5.91 Å². The summed E-state index contributed by atoms with van der Waals surface area (Å²) < 4.78 is 5.38. The van der Waals surface area contributed by atoms with Gasteiger partial charge in [0.05, 0.1) is 5.41 Å². The number of carbonyl (C=O) groups is 1. The maximum Gasteiger partial charge on any atom is 0.227 e. The van der Waals surface area contributed by atoms with Crippen LogP contribution in [0, 0.1) is 11.3 Å². The molecule has 0 saturated carbocycles. The molecule has 0 aromatic heterocycles. The molecule has 0 atom stereocenters. The average Bonchev–Trinajstić information content (AvgIpc) is 2.69. The highest BCUT2D eigenvalue weighted by molar-refractivity contribution is 5.83. The molecule has 2 saturated heterocycles. The van der Waals surface area contributed by atoms with Crippen LogP contribution in [0.4, 0.5) is 0 Å². The van der Waals surface area contributed by atoms with Crippen molar-refractivity contribution in [1.29, 1.82) is 0 Å². The van der Waals surface area contributed by atoms with Crippen molar-refractivity contribution < 1.29 is 9.53 Å². The van der Waals surface area contributed by atoms with Gasteiger partial charge in [0.15, 0.2) is 0 Å². The van der Waals surface area contributed by atoms with Gasteiger partial charge in [-0.1, -0.05) is 31.2 Å². The Labute approximate surface area is 157 Å². The Morgan fingerprint density at radius 3 is 2.42 bits per heavy atom. The van der Waals surface area contributed by atoms with Gasteiger partial charge in [0, 0.05) is 32.8 Å². The highest BCUT2D eigenvalue weighted by atomic mass is 16.5. The summed E-state index contributed by atoms with van der Waals surface area (Å²) in [7, 11) is 0. The smallest absolute Gasteiger partial charge is 0.227 e. The van der Waals surface area contributed by atoms with Gasteiger partial charge in [0.2, 0.25) is 5.91 Å². The van der Waals surface area contributed by atoms with Crippen molar-refractivity contribution in [3.63, 3.8) is 0 Å². The van der Waals surface area contributed by atoms with Gasteiger partial charge in [-0.2, -0.15) is 0 Å². The number of hydrogen-bond donors (Lipinski definition) is 2. The number of nitrogens with one attached hydrogen (secondary N) is 1. The third-order valence-corrected chi connectivity index (χ3v) is 6.08. The van der Waals surface area contributed by atoms with Gasteiger partial charge >= 0.3 is 0 Å². The van der Waals surface area contributed by atoms with Crippen LogP contribution in [-0.2, 0) is 22.6 Å². The molecule has 5 heteroatoms. The second-order valence-electron chi connectivity index (χ2n) is 8.05. The van der Waals surface area contributed by atoms with E-state index >= 15 is 0 Å². The SMILES string of the molecule is CC1CCN(Cc2ccc(CNC(=O)C3(CN)CCOCC3)cc2)CC1. The van der Waals surface area contributed by atoms with E-state index in [1.807, 2.05) is 0 Å². The van der Waals surface area contributed by atoms with Crippen molar-refractivity contribution in [2.24, 2.45) is 17.1 Å². The molecule has 0 aliphatic carbocycles. The lowest BCUT2D eigenvalue weighted by atomic mass is 9.79. The lowest BCUT2D eigenvalue weighted by Crippen LogP contribution is -2.48. The maximum atomic E-state index is 12.6. The number of nitrogens with two attached hydrogens (primary N) is 1. The zero-order valence-electron chi connectivity index (χ0n) is 16.0. The molecule has 144 valence electrons. The van der Waals surface area contributed by atoms with Crippen molar-refractivity contribution in [2.75, 3.05) is 32.8 Å². The molecule has 0 bridgehead atoms. The van der Waals surface area contributed by atoms with Crippen LogP contribution in [0.15, 0.2) is 24.3 Å². The Hall–Kier alpha value is -1.43. The predicted octanol–water partition coefficient (Wildman–Crippen LogP) is 2.29. The lowest BCUT2D eigenvalue weighted by Gasteiger charge is -2.34. The first-order valence-corrected chi connectivity index (χ1v) is 9.97. The van der Waals surface area contributed by atoms with Crippen molar-refractivity contribution in [3.05, 3.63) is 35.4 Å². The first-order chi connectivity index (χ1) is 12.6. The van der Waals surface area contributed by atoms with Crippen LogP contribution in [0.25, 0.3) is 0 Å². The minimum Gasteiger partial charge on any atom is -0.381 e. The second kappa shape index (κ2) is 8.98. The van der Waals surface area contributed by atoms with Gasteiger partial charge in [-0.15, -0.1) is 0 Å². The van der Waals surface area contributed by atoms with Crippen molar-refractivity contribution in [3.8, 4) is 0 Å². The molecule has 26 heavy (non-hydrogen) atoms. The quantitative estimate of drug-likeness (QED) is 0.818. The van der Waals surface area contributed by atoms with E-state index in [0.717, 1.165) is 18.0 Å². The minimum absolute atomic E-state index is 0.0646. The Morgan fingerprint density at radius 1 is 1.19 bits per heavy atom. The number of hydrogen-bond acceptors (Lipinski definition) is 4. The van der Waals surface area contributed by atoms with E-state index < -0.39 is 5.41 Å². The molecule has 2 heterocycles. The molecule has 3 rings (SSSR count). The number of amides is 1. The van der Waals surface area contributed by atoms with Crippen molar-refractivity contribution >= 4 is 5.91 Å². The Morgan fingerprint density at radius 2 is 1.81 bits per heavy atom. The molecular weight excluding hydrogens is 326 g/mol. The molecule has 1 aromatic carbocycles. The Balaban J connectivity index is 1.48. The third kappa shape index (κ3) is 4.84.